The monoisotopic (exact) mass is 181 g/mol. The van der Waals surface area contributed by atoms with Gasteiger partial charge in [-0.15, -0.1) is 6.58 Å². The number of nitrogens with zero attached hydrogens (tertiary/aromatic N) is 1. The van der Waals surface area contributed by atoms with Gasteiger partial charge in [-0.2, -0.15) is 0 Å². The van der Waals surface area contributed by atoms with Gasteiger partial charge >= 0.3 is 0 Å². The molecule has 1 unspecified atom stereocenters. The first-order valence-electron chi connectivity index (χ1n) is 4.52. The molecule has 1 atom stereocenters. The lowest BCUT2D eigenvalue weighted by Gasteiger charge is -2.19. The Morgan fingerprint density at radius 2 is 2.08 bits per heavy atom. The van der Waals surface area contributed by atoms with Crippen molar-refractivity contribution in [2.75, 3.05) is 14.1 Å². The van der Waals surface area contributed by atoms with Crippen LogP contribution in [0.3, 0.4) is 0 Å². The van der Waals surface area contributed by atoms with E-state index in [0.29, 0.717) is 0 Å². The number of carbonyl (C=O) groups excluding carboxylic acids is 1. The molecule has 0 fully saturated rings. The zero-order chi connectivity index (χ0) is 10.3. The Hall–Kier alpha value is -0.890. The van der Waals surface area contributed by atoms with Crippen molar-refractivity contribution < 1.29 is 4.79 Å². The minimum absolute atomic E-state index is 0.0149. The van der Waals surface area contributed by atoms with Gasteiger partial charge < -0.3 is 0 Å². The Bertz CT molecular complexity index is 194. The van der Waals surface area contributed by atoms with Crippen LogP contribution in [0.4, 0.5) is 0 Å². The summed E-state index contributed by atoms with van der Waals surface area (Å²) in [6.07, 6.45) is 7.57. The van der Waals surface area contributed by atoms with Crippen molar-refractivity contribution in [2.45, 2.75) is 25.8 Å². The fourth-order valence-corrected chi connectivity index (χ4v) is 1.16. The van der Waals surface area contributed by atoms with Crippen LogP contribution in [0.5, 0.6) is 0 Å². The van der Waals surface area contributed by atoms with Crippen LogP contribution in [-0.2, 0) is 4.79 Å². The van der Waals surface area contributed by atoms with Gasteiger partial charge in [-0.25, -0.2) is 0 Å². The molecule has 0 aromatic rings. The van der Waals surface area contributed by atoms with Gasteiger partial charge in [0.25, 0.3) is 0 Å². The highest BCUT2D eigenvalue weighted by molar-refractivity contribution is 5.81. The molecular formula is C11H19NO. The van der Waals surface area contributed by atoms with Gasteiger partial charge in [0.1, 0.15) is 5.78 Å². The quantitative estimate of drug-likeness (QED) is 0.584. The van der Waals surface area contributed by atoms with Gasteiger partial charge in [-0.3, -0.25) is 9.69 Å². The number of hydrogen-bond donors (Lipinski definition) is 0. The van der Waals surface area contributed by atoms with E-state index in [9.17, 15) is 4.79 Å². The SMILES string of the molecule is C=CC/C=C/CC(C(C)=O)N(C)C. The summed E-state index contributed by atoms with van der Waals surface area (Å²) in [4.78, 5) is 13.1. The van der Waals surface area contributed by atoms with Crippen molar-refractivity contribution in [3.05, 3.63) is 24.8 Å². The van der Waals surface area contributed by atoms with Crippen LogP contribution < -0.4 is 0 Å². The largest absolute Gasteiger partial charge is 0.300 e. The summed E-state index contributed by atoms with van der Waals surface area (Å²) in [5.74, 6) is 0.216. The van der Waals surface area contributed by atoms with E-state index in [0.717, 1.165) is 12.8 Å². The molecule has 0 bridgehead atoms. The van der Waals surface area contributed by atoms with Crippen molar-refractivity contribution >= 4 is 5.78 Å². The van der Waals surface area contributed by atoms with Crippen LogP contribution in [0.1, 0.15) is 19.8 Å². The summed E-state index contributed by atoms with van der Waals surface area (Å²) in [5, 5.41) is 0. The molecule has 0 aromatic heterocycles. The maximum absolute atomic E-state index is 11.2. The van der Waals surface area contributed by atoms with Crippen LogP contribution in [-0.4, -0.2) is 30.8 Å². The highest BCUT2D eigenvalue weighted by Gasteiger charge is 2.13. The molecule has 0 aliphatic carbocycles. The van der Waals surface area contributed by atoms with Crippen LogP contribution in [0, 0.1) is 0 Å². The van der Waals surface area contributed by atoms with E-state index < -0.39 is 0 Å². The third-order valence-electron chi connectivity index (χ3n) is 1.92. The highest BCUT2D eigenvalue weighted by Crippen LogP contribution is 2.02. The summed E-state index contributed by atoms with van der Waals surface area (Å²) in [6.45, 7) is 5.25. The average Bonchev–Trinajstić information content (AvgIpc) is 2.02. The van der Waals surface area contributed by atoms with Crippen molar-refractivity contribution in [3.8, 4) is 0 Å². The van der Waals surface area contributed by atoms with E-state index in [2.05, 4.69) is 6.58 Å². The smallest absolute Gasteiger partial charge is 0.147 e. The molecule has 0 spiro atoms. The molecule has 0 saturated carbocycles. The highest BCUT2D eigenvalue weighted by atomic mass is 16.1. The van der Waals surface area contributed by atoms with E-state index in [4.69, 9.17) is 0 Å². The normalized spacial score (nSPS) is 13.5. The standard InChI is InChI=1S/C11H19NO/c1-5-6-7-8-9-11(10(2)13)12(3)4/h5,7-8,11H,1,6,9H2,2-4H3/b8-7+. The molecule has 2 heteroatoms. The second kappa shape index (κ2) is 6.61. The van der Waals surface area contributed by atoms with Gasteiger partial charge in [0.2, 0.25) is 0 Å². The topological polar surface area (TPSA) is 20.3 Å². The first-order chi connectivity index (χ1) is 6.09. The number of likely N-dealkylation sites (N-methyl/N-ethyl adjacent to an activating group) is 1. The first kappa shape index (κ1) is 12.1. The zero-order valence-electron chi connectivity index (χ0n) is 8.79. The van der Waals surface area contributed by atoms with E-state index in [-0.39, 0.29) is 11.8 Å². The van der Waals surface area contributed by atoms with Crippen LogP contribution in [0.15, 0.2) is 24.8 Å². The number of rotatable bonds is 6. The predicted molar refractivity (Wildman–Crippen MR) is 56.7 cm³/mol. The minimum Gasteiger partial charge on any atom is -0.300 e. The summed E-state index contributed by atoms with van der Waals surface area (Å²) in [5.41, 5.74) is 0. The van der Waals surface area contributed by atoms with E-state index in [1.165, 1.54) is 0 Å². The molecular weight excluding hydrogens is 162 g/mol. The van der Waals surface area contributed by atoms with E-state index in [1.54, 1.807) is 6.92 Å². The number of hydrogen-bond acceptors (Lipinski definition) is 2. The van der Waals surface area contributed by atoms with Gasteiger partial charge in [0.05, 0.1) is 6.04 Å². The predicted octanol–water partition coefficient (Wildman–Crippen LogP) is 2.03. The number of allylic oxidation sites excluding steroid dienone is 2. The van der Waals surface area contributed by atoms with Gasteiger partial charge in [-0.1, -0.05) is 18.2 Å². The fourth-order valence-electron chi connectivity index (χ4n) is 1.16. The number of Topliss-reactive ketones (excluding diaryl/α,β-unsaturated/α-hetero) is 1. The van der Waals surface area contributed by atoms with Crippen LogP contribution >= 0.6 is 0 Å². The molecule has 2 nitrogen and oxygen atoms in total. The van der Waals surface area contributed by atoms with Gasteiger partial charge in [0.15, 0.2) is 0 Å². The van der Waals surface area contributed by atoms with Crippen LogP contribution in [0.25, 0.3) is 0 Å². The molecule has 0 amide bonds. The Morgan fingerprint density at radius 3 is 2.46 bits per heavy atom. The minimum atomic E-state index is 0.0149. The molecule has 74 valence electrons. The second-order valence-corrected chi connectivity index (χ2v) is 3.32. The molecule has 13 heavy (non-hydrogen) atoms. The Kier molecular flexibility index (Phi) is 6.15. The summed E-state index contributed by atoms with van der Waals surface area (Å²) < 4.78 is 0. The Morgan fingerprint density at radius 1 is 1.46 bits per heavy atom. The molecule has 0 aliphatic heterocycles. The van der Waals surface area contributed by atoms with E-state index >= 15 is 0 Å². The molecule has 0 N–H and O–H groups in total. The molecule has 0 aromatic carbocycles. The first-order valence-corrected chi connectivity index (χ1v) is 4.52. The van der Waals surface area contributed by atoms with Gasteiger partial charge in [-0.05, 0) is 33.9 Å². The second-order valence-electron chi connectivity index (χ2n) is 3.32. The summed E-state index contributed by atoms with van der Waals surface area (Å²) >= 11 is 0. The summed E-state index contributed by atoms with van der Waals surface area (Å²) in [6, 6.07) is 0.0149. The lowest BCUT2D eigenvalue weighted by Crippen LogP contribution is -2.33. The van der Waals surface area contributed by atoms with Crippen LogP contribution in [0.2, 0.25) is 0 Å². The average molecular weight is 181 g/mol. The van der Waals surface area contributed by atoms with Crippen molar-refractivity contribution in [3.63, 3.8) is 0 Å². The zero-order valence-corrected chi connectivity index (χ0v) is 8.79. The molecule has 0 rings (SSSR count). The maximum Gasteiger partial charge on any atom is 0.147 e. The number of ketones is 1. The molecule has 0 saturated heterocycles. The third kappa shape index (κ3) is 5.36. The lowest BCUT2D eigenvalue weighted by molar-refractivity contribution is -0.121. The number of carbonyl (C=O) groups is 1. The van der Waals surface area contributed by atoms with Crippen molar-refractivity contribution in [1.82, 2.24) is 4.90 Å². The van der Waals surface area contributed by atoms with Crippen molar-refractivity contribution in [1.29, 1.82) is 0 Å². The fraction of sp³-hybridized carbons (Fsp3) is 0.545. The van der Waals surface area contributed by atoms with E-state index in [1.807, 2.05) is 37.2 Å². The maximum atomic E-state index is 11.2. The Labute approximate surface area is 80.9 Å². The Balaban J connectivity index is 3.96. The molecule has 0 aliphatic rings. The summed E-state index contributed by atoms with van der Waals surface area (Å²) in [7, 11) is 3.85. The molecule has 0 radical (unpaired) electrons. The molecule has 0 heterocycles. The third-order valence-corrected chi connectivity index (χ3v) is 1.92. The lowest BCUT2D eigenvalue weighted by atomic mass is 10.1. The van der Waals surface area contributed by atoms with Gasteiger partial charge in [0, 0.05) is 0 Å². The van der Waals surface area contributed by atoms with Crippen molar-refractivity contribution in [2.24, 2.45) is 0 Å².